The minimum Gasteiger partial charge on any atom is -0.263 e. The monoisotopic (exact) mass is 232 g/mol. The zero-order valence-corrected chi connectivity index (χ0v) is 8.99. The van der Waals surface area contributed by atoms with Gasteiger partial charge in [0, 0.05) is 18.6 Å². The lowest BCUT2D eigenvalue weighted by Gasteiger charge is -1.94. The molecule has 0 saturated heterocycles. The SMILES string of the molecule is N#Cc1cnccc2nc3c(C#N)cnc3nc12. The number of aromatic nitrogens is 4. The first-order chi connectivity index (χ1) is 8.83. The summed E-state index contributed by atoms with van der Waals surface area (Å²) in [6.45, 7) is 0. The van der Waals surface area contributed by atoms with E-state index in [0.29, 0.717) is 33.3 Å². The Labute approximate surface area is 101 Å². The van der Waals surface area contributed by atoms with Crippen LogP contribution < -0.4 is 0 Å². The molecule has 3 rings (SSSR count). The highest BCUT2D eigenvalue weighted by Gasteiger charge is 2.10. The molecule has 3 aromatic rings. The maximum atomic E-state index is 9.04. The van der Waals surface area contributed by atoms with Crippen LogP contribution in [0, 0.1) is 22.7 Å². The summed E-state index contributed by atoms with van der Waals surface area (Å²) in [4.78, 5) is 16.5. The van der Waals surface area contributed by atoms with Gasteiger partial charge in [-0.2, -0.15) is 10.5 Å². The Morgan fingerprint density at radius 1 is 0.944 bits per heavy atom. The van der Waals surface area contributed by atoms with Crippen molar-refractivity contribution in [1.29, 1.82) is 10.5 Å². The van der Waals surface area contributed by atoms with Gasteiger partial charge in [0.1, 0.15) is 23.2 Å². The molecule has 0 amide bonds. The van der Waals surface area contributed by atoms with Crippen LogP contribution in [0.2, 0.25) is 0 Å². The Hall–Kier alpha value is -3.12. The van der Waals surface area contributed by atoms with Gasteiger partial charge in [0.25, 0.3) is 0 Å². The van der Waals surface area contributed by atoms with Gasteiger partial charge in [0.2, 0.25) is 0 Å². The van der Waals surface area contributed by atoms with Gasteiger partial charge in [-0.1, -0.05) is 0 Å². The van der Waals surface area contributed by atoms with E-state index in [1.807, 2.05) is 12.1 Å². The summed E-state index contributed by atoms with van der Waals surface area (Å²) in [6, 6.07) is 5.67. The molecule has 0 spiro atoms. The molecule has 82 valence electrons. The molecule has 6 heteroatoms. The lowest BCUT2D eigenvalue weighted by molar-refractivity contribution is 1.33. The maximum absolute atomic E-state index is 9.04. The van der Waals surface area contributed by atoms with Gasteiger partial charge in [0.05, 0.1) is 16.6 Å². The van der Waals surface area contributed by atoms with Crippen LogP contribution in [0.15, 0.2) is 24.7 Å². The average Bonchev–Trinajstić information content (AvgIpc) is 2.68. The van der Waals surface area contributed by atoms with E-state index in [0.717, 1.165) is 0 Å². The maximum Gasteiger partial charge on any atom is 0.180 e. The first kappa shape index (κ1) is 10.1. The lowest BCUT2D eigenvalue weighted by Crippen LogP contribution is -1.87. The topological polar surface area (TPSA) is 99.1 Å². The average molecular weight is 232 g/mol. The van der Waals surface area contributed by atoms with Crippen LogP contribution in [0.25, 0.3) is 22.2 Å². The first-order valence-corrected chi connectivity index (χ1v) is 5.04. The highest BCUT2D eigenvalue weighted by Crippen LogP contribution is 2.19. The molecule has 6 nitrogen and oxygen atoms in total. The van der Waals surface area contributed by atoms with Crippen LogP contribution >= 0.6 is 0 Å². The fourth-order valence-corrected chi connectivity index (χ4v) is 1.67. The number of nitrogens with zero attached hydrogens (tertiary/aromatic N) is 6. The third-order valence-corrected chi connectivity index (χ3v) is 2.49. The van der Waals surface area contributed by atoms with Crippen molar-refractivity contribution < 1.29 is 0 Å². The number of hydrogen-bond acceptors (Lipinski definition) is 6. The summed E-state index contributed by atoms with van der Waals surface area (Å²) in [7, 11) is 0. The van der Waals surface area contributed by atoms with Crippen LogP contribution in [0.4, 0.5) is 0 Å². The molecule has 0 fully saturated rings. The van der Waals surface area contributed by atoms with E-state index in [2.05, 4.69) is 19.9 Å². The highest BCUT2D eigenvalue weighted by atomic mass is 14.9. The predicted octanol–water partition coefficient (Wildman–Crippen LogP) is 1.32. The van der Waals surface area contributed by atoms with E-state index in [-0.39, 0.29) is 0 Å². The number of nitriles is 2. The minimum absolute atomic E-state index is 0.325. The van der Waals surface area contributed by atoms with E-state index in [4.69, 9.17) is 10.5 Å². The Morgan fingerprint density at radius 2 is 1.72 bits per heavy atom. The quantitative estimate of drug-likeness (QED) is 0.579. The molecule has 0 aliphatic heterocycles. The second-order valence-corrected chi connectivity index (χ2v) is 3.53. The number of fused-ring (bicyclic) bond motifs is 2. The van der Waals surface area contributed by atoms with Gasteiger partial charge >= 0.3 is 0 Å². The molecule has 0 saturated carbocycles. The third kappa shape index (κ3) is 1.34. The summed E-state index contributed by atoms with van der Waals surface area (Å²) in [5.74, 6) is 0. The lowest BCUT2D eigenvalue weighted by atomic mass is 10.2. The number of rotatable bonds is 0. The van der Waals surface area contributed by atoms with Crippen molar-refractivity contribution in [3.63, 3.8) is 0 Å². The Balaban J connectivity index is 2.55. The molecule has 0 aromatic carbocycles. The fourth-order valence-electron chi connectivity index (χ4n) is 1.67. The highest BCUT2D eigenvalue weighted by molar-refractivity contribution is 5.89. The first-order valence-electron chi connectivity index (χ1n) is 5.04. The minimum atomic E-state index is 0.325. The summed E-state index contributed by atoms with van der Waals surface area (Å²) < 4.78 is 0. The predicted molar refractivity (Wildman–Crippen MR) is 62.1 cm³/mol. The van der Waals surface area contributed by atoms with Gasteiger partial charge in [-0.3, -0.25) is 4.98 Å². The van der Waals surface area contributed by atoms with Crippen molar-refractivity contribution in [2.24, 2.45) is 0 Å². The molecule has 0 atom stereocenters. The van der Waals surface area contributed by atoms with E-state index >= 15 is 0 Å². The molecule has 0 bridgehead atoms. The van der Waals surface area contributed by atoms with E-state index in [1.54, 1.807) is 6.07 Å². The molecule has 3 heterocycles. The molecule has 0 aliphatic rings. The fraction of sp³-hybridized carbons (Fsp3) is 0. The second kappa shape index (κ2) is 3.72. The normalized spacial score (nSPS) is 10.1. The van der Waals surface area contributed by atoms with Crippen LogP contribution in [0.3, 0.4) is 0 Å². The summed E-state index contributed by atoms with van der Waals surface area (Å²) >= 11 is 0. The molecule has 0 unspecified atom stereocenters. The third-order valence-electron chi connectivity index (χ3n) is 2.49. The largest absolute Gasteiger partial charge is 0.263 e. The van der Waals surface area contributed by atoms with Crippen molar-refractivity contribution in [2.75, 3.05) is 0 Å². The zero-order chi connectivity index (χ0) is 12.5. The van der Waals surface area contributed by atoms with Crippen molar-refractivity contribution >= 4 is 22.2 Å². The summed E-state index contributed by atoms with van der Waals surface area (Å²) in [5, 5.41) is 18.0. The van der Waals surface area contributed by atoms with Crippen LogP contribution in [-0.4, -0.2) is 19.9 Å². The van der Waals surface area contributed by atoms with Crippen LogP contribution in [-0.2, 0) is 0 Å². The van der Waals surface area contributed by atoms with Gasteiger partial charge < -0.3 is 0 Å². The van der Waals surface area contributed by atoms with Gasteiger partial charge in [-0.15, -0.1) is 0 Å². The molecule has 18 heavy (non-hydrogen) atoms. The van der Waals surface area contributed by atoms with Crippen molar-refractivity contribution in [1.82, 2.24) is 19.9 Å². The van der Waals surface area contributed by atoms with E-state index in [1.165, 1.54) is 18.6 Å². The molecular weight excluding hydrogens is 228 g/mol. The molecule has 3 aromatic heterocycles. The standard InChI is InChI=1S/C12H4N6/c13-3-7-5-15-2-1-9-10(7)18-12-11(17-9)8(4-14)6-16-12/h1-2,5-6H. The van der Waals surface area contributed by atoms with Gasteiger partial charge in [0.15, 0.2) is 5.65 Å². The summed E-state index contributed by atoms with van der Waals surface area (Å²) in [6.07, 6.45) is 4.39. The van der Waals surface area contributed by atoms with Crippen LogP contribution in [0.5, 0.6) is 0 Å². The van der Waals surface area contributed by atoms with Crippen LogP contribution in [0.1, 0.15) is 11.1 Å². The number of hydrogen-bond donors (Lipinski definition) is 0. The molecule has 0 radical (unpaired) electrons. The molecule has 0 aliphatic carbocycles. The zero-order valence-electron chi connectivity index (χ0n) is 8.99. The van der Waals surface area contributed by atoms with Gasteiger partial charge in [-0.25, -0.2) is 15.0 Å². The van der Waals surface area contributed by atoms with E-state index in [9.17, 15) is 0 Å². The smallest absolute Gasteiger partial charge is 0.180 e. The Morgan fingerprint density at radius 3 is 2.50 bits per heavy atom. The Kier molecular flexibility index (Phi) is 2.08. The van der Waals surface area contributed by atoms with Crippen molar-refractivity contribution in [3.05, 3.63) is 35.8 Å². The van der Waals surface area contributed by atoms with Crippen molar-refractivity contribution in [2.45, 2.75) is 0 Å². The molecular formula is C12H4N6. The van der Waals surface area contributed by atoms with Crippen molar-refractivity contribution in [3.8, 4) is 12.1 Å². The molecule has 0 N–H and O–H groups in total. The van der Waals surface area contributed by atoms with Gasteiger partial charge in [-0.05, 0) is 6.07 Å². The summed E-state index contributed by atoms with van der Waals surface area (Å²) in [5.41, 5.74) is 2.45. The second-order valence-electron chi connectivity index (χ2n) is 3.53. The Bertz CT molecular complexity index is 856. The van der Waals surface area contributed by atoms with E-state index < -0.39 is 0 Å².